The van der Waals surface area contributed by atoms with E-state index in [1.165, 1.54) is 11.3 Å². The van der Waals surface area contributed by atoms with Gasteiger partial charge in [-0.15, -0.1) is 11.3 Å². The van der Waals surface area contributed by atoms with Crippen LogP contribution in [0.5, 0.6) is 5.88 Å². The first-order valence-electron chi connectivity index (χ1n) is 14.7. The molecule has 1 spiro atoms. The van der Waals surface area contributed by atoms with Crippen LogP contribution in [0, 0.1) is 11.3 Å². The van der Waals surface area contributed by atoms with Crippen LogP contribution in [0.4, 0.5) is 5.00 Å². The van der Waals surface area contributed by atoms with E-state index in [4.69, 9.17) is 29.7 Å². The highest BCUT2D eigenvalue weighted by atomic mass is 32.1. The van der Waals surface area contributed by atoms with E-state index in [-0.39, 0.29) is 17.6 Å². The third-order valence-electron chi connectivity index (χ3n) is 9.48. The molecular formula is C30H36N6O3S. The Morgan fingerprint density at radius 3 is 2.80 bits per heavy atom. The van der Waals surface area contributed by atoms with Crippen LogP contribution >= 0.6 is 11.3 Å². The number of hydrogen-bond donors (Lipinski definition) is 1. The summed E-state index contributed by atoms with van der Waals surface area (Å²) >= 11 is 1.56. The van der Waals surface area contributed by atoms with E-state index in [9.17, 15) is 5.26 Å². The molecule has 0 bridgehead atoms. The number of rotatable bonds is 5. The van der Waals surface area contributed by atoms with E-state index in [0.29, 0.717) is 34.0 Å². The van der Waals surface area contributed by atoms with E-state index in [2.05, 4.69) is 30.1 Å². The zero-order valence-electron chi connectivity index (χ0n) is 23.2. The first kappa shape index (κ1) is 25.9. The van der Waals surface area contributed by atoms with Gasteiger partial charge in [0.25, 0.3) is 0 Å². The molecule has 3 aromatic rings. The van der Waals surface area contributed by atoms with Crippen molar-refractivity contribution in [3.8, 4) is 23.5 Å². The number of nitrogen functional groups attached to an aromatic ring is 1. The van der Waals surface area contributed by atoms with Gasteiger partial charge in [-0.3, -0.25) is 4.90 Å². The number of aromatic nitrogens is 3. The van der Waals surface area contributed by atoms with E-state index in [0.717, 1.165) is 93.5 Å². The number of likely N-dealkylation sites (N-methyl/N-ethyl adjacent to an activating group) is 1. The highest BCUT2D eigenvalue weighted by molar-refractivity contribution is 7.16. The molecule has 7 rings (SSSR count). The Kier molecular flexibility index (Phi) is 6.56. The van der Waals surface area contributed by atoms with Gasteiger partial charge in [0.15, 0.2) is 17.3 Å². The Hall–Kier alpha value is -3.00. The second-order valence-electron chi connectivity index (χ2n) is 11.8. The van der Waals surface area contributed by atoms with Gasteiger partial charge in [0.05, 0.1) is 22.8 Å². The molecule has 2 saturated heterocycles. The first-order chi connectivity index (χ1) is 19.5. The number of nitrogens with zero attached hydrogens (tertiary/aromatic N) is 5. The van der Waals surface area contributed by atoms with Crippen molar-refractivity contribution in [3.05, 3.63) is 39.1 Å². The van der Waals surface area contributed by atoms with Gasteiger partial charge < -0.3 is 19.7 Å². The second kappa shape index (κ2) is 10.1. The third kappa shape index (κ3) is 4.13. The fraction of sp³-hybridized carbons (Fsp3) is 0.600. The molecule has 1 unspecified atom stereocenters. The topological polar surface area (TPSA) is 123 Å². The van der Waals surface area contributed by atoms with Crippen molar-refractivity contribution in [1.82, 2.24) is 20.0 Å². The van der Waals surface area contributed by atoms with Crippen LogP contribution in [0.2, 0.25) is 0 Å². The number of anilines is 1. The molecule has 2 aliphatic heterocycles. The summed E-state index contributed by atoms with van der Waals surface area (Å²) < 4.78 is 18.7. The van der Waals surface area contributed by atoms with Gasteiger partial charge >= 0.3 is 0 Å². The predicted molar refractivity (Wildman–Crippen MR) is 151 cm³/mol. The van der Waals surface area contributed by atoms with Crippen molar-refractivity contribution in [2.24, 2.45) is 0 Å². The Labute approximate surface area is 238 Å². The van der Waals surface area contributed by atoms with Gasteiger partial charge in [-0.25, -0.2) is 4.98 Å². The Balaban J connectivity index is 1.31. The van der Waals surface area contributed by atoms with Crippen molar-refractivity contribution in [2.45, 2.75) is 94.8 Å². The maximum Gasteiger partial charge on any atom is 0.217 e. The molecule has 10 heteroatoms. The molecule has 2 aliphatic carbocycles. The van der Waals surface area contributed by atoms with Crippen molar-refractivity contribution in [3.63, 3.8) is 0 Å². The Morgan fingerprint density at radius 1 is 1.20 bits per heavy atom. The number of hydrogen-bond acceptors (Lipinski definition) is 10. The molecule has 2 N–H and O–H groups in total. The van der Waals surface area contributed by atoms with Crippen LogP contribution < -0.4 is 10.5 Å². The van der Waals surface area contributed by atoms with Gasteiger partial charge in [0, 0.05) is 29.2 Å². The minimum Gasteiger partial charge on any atom is -0.473 e. The minimum absolute atomic E-state index is 0.00352. The van der Waals surface area contributed by atoms with Crippen LogP contribution in [-0.2, 0) is 23.0 Å². The van der Waals surface area contributed by atoms with E-state index < -0.39 is 0 Å². The molecule has 0 amide bonds. The summed E-state index contributed by atoms with van der Waals surface area (Å²) in [6.07, 6.45) is 9.79. The third-order valence-corrected chi connectivity index (χ3v) is 10.6. The van der Waals surface area contributed by atoms with Crippen LogP contribution in [0.15, 0.2) is 10.6 Å². The molecule has 3 aromatic heterocycles. The number of fused-ring (bicyclic) bond motifs is 4. The zero-order valence-corrected chi connectivity index (χ0v) is 24.1. The summed E-state index contributed by atoms with van der Waals surface area (Å²) in [6, 6.07) is 4.70. The molecule has 5 heterocycles. The predicted octanol–water partition coefficient (Wildman–Crippen LogP) is 5.32. The summed E-state index contributed by atoms with van der Waals surface area (Å²) in [5.74, 6) is 1.94. The summed E-state index contributed by atoms with van der Waals surface area (Å²) in [4.78, 5) is 13.5. The maximum atomic E-state index is 10.0. The molecule has 2 fully saturated rings. The number of likely N-dealkylation sites (tertiary alicyclic amines) is 1. The maximum absolute atomic E-state index is 10.0. The highest BCUT2D eigenvalue weighted by Crippen LogP contribution is 2.55. The van der Waals surface area contributed by atoms with Gasteiger partial charge in [-0.1, -0.05) is 5.16 Å². The largest absolute Gasteiger partial charge is 0.473 e. The summed E-state index contributed by atoms with van der Waals surface area (Å²) in [5.41, 5.74) is 10.2. The van der Waals surface area contributed by atoms with Crippen molar-refractivity contribution in [1.29, 1.82) is 5.26 Å². The quantitative estimate of drug-likeness (QED) is 0.442. The molecule has 40 heavy (non-hydrogen) atoms. The molecule has 9 nitrogen and oxygen atoms in total. The number of nitriles is 1. The minimum atomic E-state index is -0.376. The molecule has 0 radical (unpaired) electrons. The van der Waals surface area contributed by atoms with Crippen LogP contribution in [0.25, 0.3) is 11.5 Å². The van der Waals surface area contributed by atoms with Gasteiger partial charge in [0.1, 0.15) is 17.2 Å². The number of aryl methyl sites for hydroxylation is 1. The lowest BCUT2D eigenvalue weighted by atomic mass is 9.63. The van der Waals surface area contributed by atoms with Crippen molar-refractivity contribution in [2.75, 3.05) is 25.9 Å². The molecule has 0 aromatic carbocycles. The average Bonchev–Trinajstić information content (AvgIpc) is 3.75. The zero-order chi connectivity index (χ0) is 27.4. The summed E-state index contributed by atoms with van der Waals surface area (Å²) in [5, 5.41) is 15.2. The van der Waals surface area contributed by atoms with Gasteiger partial charge in [-0.2, -0.15) is 10.2 Å². The number of thiophene rings is 1. The van der Waals surface area contributed by atoms with Gasteiger partial charge in [0.2, 0.25) is 5.88 Å². The smallest absolute Gasteiger partial charge is 0.217 e. The Bertz CT molecular complexity index is 1470. The Morgan fingerprint density at radius 2 is 2.05 bits per heavy atom. The lowest BCUT2D eigenvalue weighted by Crippen LogP contribution is -2.38. The number of ether oxygens (including phenoxy) is 2. The lowest BCUT2D eigenvalue weighted by molar-refractivity contribution is 0.104. The SMILES string of the molecule is C[C@H](Oc1cc(C2CCCO2)nc(-c2noc3c2CCC[C@@]32CCCc3sc(N)c(C#N)c32)n1)[C@@H]1CCCN1C. The summed E-state index contributed by atoms with van der Waals surface area (Å²) in [6.45, 7) is 3.95. The normalized spacial score (nSPS) is 26.9. The fourth-order valence-electron chi connectivity index (χ4n) is 7.60. The van der Waals surface area contributed by atoms with Crippen LogP contribution in [0.3, 0.4) is 0 Å². The van der Waals surface area contributed by atoms with Crippen molar-refractivity contribution < 1.29 is 14.0 Å². The highest BCUT2D eigenvalue weighted by Gasteiger charge is 2.49. The van der Waals surface area contributed by atoms with Crippen LogP contribution in [-0.4, -0.2) is 52.4 Å². The standard InChI is InChI=1S/C30H36N6O3S/c1-17(21-8-5-13-36(21)2)38-24-15-20(22-9-6-14-37-22)33-29(34-24)26-18-7-3-11-30(27(18)39-35-26)12-4-10-23-25(30)19(16-31)28(32)40-23/h15,17,21-22H,3-14,32H2,1-2H3/t17-,21-,22?,30-/m0/s1. The van der Waals surface area contributed by atoms with E-state index in [1.807, 2.05) is 6.07 Å². The lowest BCUT2D eigenvalue weighted by Gasteiger charge is -2.39. The van der Waals surface area contributed by atoms with Crippen molar-refractivity contribution >= 4 is 16.3 Å². The average molecular weight is 561 g/mol. The molecular weight excluding hydrogens is 524 g/mol. The summed E-state index contributed by atoms with van der Waals surface area (Å²) in [7, 11) is 2.16. The molecule has 4 atom stereocenters. The number of nitrogens with two attached hydrogens (primary N) is 1. The second-order valence-corrected chi connectivity index (χ2v) is 13.0. The van der Waals surface area contributed by atoms with E-state index in [1.54, 1.807) is 11.3 Å². The first-order valence-corrected chi connectivity index (χ1v) is 15.5. The molecule has 4 aliphatic rings. The molecule has 0 saturated carbocycles. The molecule has 210 valence electrons. The van der Waals surface area contributed by atoms with Gasteiger partial charge in [-0.05, 0) is 90.3 Å². The monoisotopic (exact) mass is 560 g/mol. The fourth-order valence-corrected chi connectivity index (χ4v) is 8.76. The van der Waals surface area contributed by atoms with E-state index >= 15 is 0 Å². The van der Waals surface area contributed by atoms with Crippen LogP contribution in [0.1, 0.15) is 97.4 Å².